The van der Waals surface area contributed by atoms with Crippen LogP contribution in [-0.2, 0) is 30.4 Å². The predicted octanol–water partition coefficient (Wildman–Crippen LogP) is -6.98. The van der Waals surface area contributed by atoms with Gasteiger partial charge in [-0.05, 0) is 117 Å². The van der Waals surface area contributed by atoms with Crippen molar-refractivity contribution in [2.45, 2.75) is 56.2 Å². The third-order valence-corrected chi connectivity index (χ3v) is 12.6. The van der Waals surface area contributed by atoms with Crippen molar-refractivity contribution in [3.8, 4) is 0 Å². The minimum Gasteiger partial charge on any atom is -0.744 e. The number of aryl methyl sites for hydroxylation is 3. The van der Waals surface area contributed by atoms with Gasteiger partial charge in [-0.2, -0.15) is 0 Å². The Balaban J connectivity index is 0.00000507. The van der Waals surface area contributed by atoms with Crippen molar-refractivity contribution in [1.29, 1.82) is 0 Å². The van der Waals surface area contributed by atoms with Crippen molar-refractivity contribution in [2.24, 2.45) is 0 Å². The van der Waals surface area contributed by atoms with Crippen LogP contribution in [0.2, 0.25) is 0 Å². The fourth-order valence-corrected chi connectivity index (χ4v) is 10.3. The van der Waals surface area contributed by atoms with Gasteiger partial charge in [0.1, 0.15) is 30.4 Å². The molecule has 0 N–H and O–H groups in total. The van der Waals surface area contributed by atoms with Crippen LogP contribution in [0.4, 0.5) is 0 Å². The van der Waals surface area contributed by atoms with Crippen molar-refractivity contribution in [1.82, 2.24) is 0 Å². The molecule has 40 heavy (non-hydrogen) atoms. The van der Waals surface area contributed by atoms with E-state index < -0.39 is 53.0 Å². The van der Waals surface area contributed by atoms with Crippen LogP contribution in [-0.4, -0.2) is 38.9 Å². The average molecular weight is 653 g/mol. The molecule has 3 aromatic carbocycles. The molecule has 16 heteroatoms. The summed E-state index contributed by atoms with van der Waals surface area (Å²) in [4.78, 5) is -1.44. The van der Waals surface area contributed by atoms with Crippen molar-refractivity contribution in [3.05, 3.63) is 69.8 Å². The Morgan fingerprint density at radius 2 is 0.650 bits per heavy atom. The Bertz CT molecular complexity index is 1570. The van der Waals surface area contributed by atoms with Crippen molar-refractivity contribution < 1.29 is 128 Å². The average Bonchev–Trinajstić information content (AvgIpc) is 2.70. The first kappa shape index (κ1) is 40.8. The summed E-state index contributed by atoms with van der Waals surface area (Å²) in [7, 11) is -16.7. The van der Waals surface area contributed by atoms with E-state index in [1.54, 1.807) is 20.8 Å². The zero-order valence-corrected chi connectivity index (χ0v) is 33.2. The molecule has 3 aromatic rings. The minimum atomic E-state index is -4.91. The van der Waals surface area contributed by atoms with Crippen LogP contribution in [0.15, 0.2) is 51.1 Å². The monoisotopic (exact) mass is 652 g/mol. The Morgan fingerprint density at radius 3 is 0.825 bits per heavy atom. The molecule has 0 radical (unpaired) electrons. The van der Waals surface area contributed by atoms with Gasteiger partial charge in [0.25, 0.3) is 0 Å². The van der Waals surface area contributed by atoms with E-state index in [0.29, 0.717) is 32.6 Å². The topological polar surface area (TPSA) is 172 Å². The largest absolute Gasteiger partial charge is 1.00 e. The molecule has 0 saturated heterocycles. The van der Waals surface area contributed by atoms with Gasteiger partial charge in [-0.15, -0.1) is 0 Å². The Kier molecular flexibility index (Phi) is 15.0. The second-order valence-corrected chi connectivity index (χ2v) is 14.8. The number of hydrogen-bond acceptors (Lipinski definition) is 9. The maximum absolute atomic E-state index is 12.1. The summed E-state index contributed by atoms with van der Waals surface area (Å²) in [6, 6.07) is 7.88. The molecule has 0 aliphatic carbocycles. The molecule has 9 nitrogen and oxygen atoms in total. The van der Waals surface area contributed by atoms with Crippen LogP contribution in [0.1, 0.15) is 33.4 Å². The van der Waals surface area contributed by atoms with Gasteiger partial charge in [0.05, 0.1) is 14.7 Å². The van der Waals surface area contributed by atoms with Crippen molar-refractivity contribution in [3.63, 3.8) is 0 Å². The van der Waals surface area contributed by atoms with E-state index in [-0.39, 0.29) is 105 Å². The SMILES string of the molecule is Cc1ccc(S(=O)(=O)[O-])c(C)c1P(c1c(C)ccc(S(=O)(=O)[O-])c1C)c1c(C)ccc(S(=O)(=O)[O-])c1C.[Na+].[Na+].[Na+]. The Labute approximate surface area is 303 Å². The maximum atomic E-state index is 12.1. The van der Waals surface area contributed by atoms with Crippen molar-refractivity contribution >= 4 is 54.2 Å². The van der Waals surface area contributed by atoms with Crippen LogP contribution < -0.4 is 105 Å². The molecule has 0 amide bonds. The first-order chi connectivity index (χ1) is 16.8. The molecule has 200 valence electrons. The van der Waals surface area contributed by atoms with E-state index in [9.17, 15) is 38.9 Å². The molecule has 0 aromatic heterocycles. The van der Waals surface area contributed by atoms with Gasteiger partial charge in [0, 0.05) is 0 Å². The van der Waals surface area contributed by atoms with E-state index >= 15 is 0 Å². The van der Waals surface area contributed by atoms with Gasteiger partial charge >= 0.3 is 88.7 Å². The van der Waals surface area contributed by atoms with E-state index in [0.717, 1.165) is 0 Å². The summed E-state index contributed by atoms with van der Waals surface area (Å²) in [6.07, 6.45) is 0. The fraction of sp³-hybridized carbons (Fsp3) is 0.250. The molecular formula is C24H24Na3O9PS3. The summed E-state index contributed by atoms with van der Waals surface area (Å²) in [5.74, 6) is 0. The summed E-state index contributed by atoms with van der Waals surface area (Å²) >= 11 is 0. The van der Waals surface area contributed by atoms with Gasteiger partial charge < -0.3 is 13.7 Å². The maximum Gasteiger partial charge on any atom is 1.00 e. The molecule has 0 aliphatic rings. The van der Waals surface area contributed by atoms with Gasteiger partial charge in [-0.1, -0.05) is 18.2 Å². The molecule has 0 heterocycles. The normalized spacial score (nSPS) is 11.8. The third kappa shape index (κ3) is 8.29. The standard InChI is InChI=1S/C24H27O9PS3.3Na/c1-13-7-10-19(35(25,26)27)16(4)22(13)34(23-14(2)8-11-20(17(23)5)36(28,29)30)24-15(3)9-12-21(18(24)6)37(31,32)33;;;/h7-12H,1-6H3,(H,25,26,27)(H,28,29,30)(H,31,32,33);;;/q;3*+1/p-3. The van der Waals surface area contributed by atoms with E-state index in [1.807, 2.05) is 0 Å². The van der Waals surface area contributed by atoms with Gasteiger partial charge in [0.2, 0.25) is 0 Å². The summed E-state index contributed by atoms with van der Waals surface area (Å²) < 4.78 is 109. The summed E-state index contributed by atoms with van der Waals surface area (Å²) in [5, 5.41) is 1.14. The van der Waals surface area contributed by atoms with Crippen molar-refractivity contribution in [2.75, 3.05) is 0 Å². The molecule has 3 rings (SSSR count). The predicted molar refractivity (Wildman–Crippen MR) is 137 cm³/mol. The van der Waals surface area contributed by atoms with Gasteiger partial charge in [0.15, 0.2) is 0 Å². The first-order valence-corrected chi connectivity index (χ1v) is 16.3. The van der Waals surface area contributed by atoms with Gasteiger partial charge in [-0.3, -0.25) is 0 Å². The molecule has 0 atom stereocenters. The number of rotatable bonds is 6. The van der Waals surface area contributed by atoms with E-state index in [1.165, 1.54) is 57.2 Å². The fourth-order valence-electron chi connectivity index (χ4n) is 4.63. The second kappa shape index (κ2) is 14.7. The number of hydrogen-bond donors (Lipinski definition) is 0. The number of benzene rings is 3. The van der Waals surface area contributed by atoms with Crippen LogP contribution in [0.3, 0.4) is 0 Å². The first-order valence-electron chi connectivity index (χ1n) is 10.8. The Hall–Kier alpha value is 0.820. The Morgan fingerprint density at radius 1 is 0.450 bits per heavy atom. The smallest absolute Gasteiger partial charge is 0.744 e. The van der Waals surface area contributed by atoms with Crippen LogP contribution in [0.5, 0.6) is 0 Å². The molecular weight excluding hydrogens is 628 g/mol. The quantitative estimate of drug-likeness (QED) is 0.143. The van der Waals surface area contributed by atoms with Crippen LogP contribution in [0, 0.1) is 41.5 Å². The zero-order valence-electron chi connectivity index (χ0n) is 23.8. The minimum absolute atomic E-state index is 0. The third-order valence-electron chi connectivity index (χ3n) is 6.23. The van der Waals surface area contributed by atoms with Crippen LogP contribution in [0.25, 0.3) is 0 Å². The summed E-state index contributed by atoms with van der Waals surface area (Å²) in [5.41, 5.74) is 2.01. The molecule has 0 aliphatic heterocycles. The second-order valence-electron chi connectivity index (χ2n) is 8.76. The zero-order chi connectivity index (χ0) is 28.2. The van der Waals surface area contributed by atoms with E-state index in [2.05, 4.69) is 0 Å². The molecule has 0 bridgehead atoms. The van der Waals surface area contributed by atoms with Crippen LogP contribution >= 0.6 is 7.92 Å². The summed E-state index contributed by atoms with van der Waals surface area (Å²) in [6.45, 7) is 9.37. The molecule has 0 fully saturated rings. The van der Waals surface area contributed by atoms with Gasteiger partial charge in [-0.25, -0.2) is 25.3 Å². The molecule has 0 saturated carbocycles. The molecule has 0 unspecified atom stereocenters. The molecule has 0 spiro atoms. The van der Waals surface area contributed by atoms with E-state index in [4.69, 9.17) is 0 Å².